The first kappa shape index (κ1) is 11.4. The number of nitrogens with one attached hydrogen (secondary N) is 2. The SMILES string of the molecule is C/C=C/CCNC(=O)C1=NNC(=O)CC1. The average molecular weight is 209 g/mol. The van der Waals surface area contributed by atoms with E-state index in [1.807, 2.05) is 19.1 Å². The molecule has 0 unspecified atom stereocenters. The quantitative estimate of drug-likeness (QED) is 0.517. The van der Waals surface area contributed by atoms with E-state index in [-0.39, 0.29) is 11.8 Å². The van der Waals surface area contributed by atoms with Crippen LogP contribution in [-0.2, 0) is 9.59 Å². The van der Waals surface area contributed by atoms with Crippen LogP contribution < -0.4 is 10.7 Å². The molecule has 0 aromatic heterocycles. The van der Waals surface area contributed by atoms with E-state index in [9.17, 15) is 9.59 Å². The third-order valence-corrected chi connectivity index (χ3v) is 2.00. The maximum atomic E-state index is 11.5. The molecule has 0 bridgehead atoms. The molecule has 0 spiro atoms. The summed E-state index contributed by atoms with van der Waals surface area (Å²) in [7, 11) is 0. The lowest BCUT2D eigenvalue weighted by Crippen LogP contribution is -2.37. The van der Waals surface area contributed by atoms with Gasteiger partial charge in [-0.1, -0.05) is 12.2 Å². The number of hydrazone groups is 1. The van der Waals surface area contributed by atoms with E-state index in [4.69, 9.17) is 0 Å². The number of allylic oxidation sites excluding steroid dienone is 1. The van der Waals surface area contributed by atoms with Crippen molar-refractivity contribution in [2.45, 2.75) is 26.2 Å². The number of carbonyl (C=O) groups is 2. The zero-order chi connectivity index (χ0) is 11.1. The van der Waals surface area contributed by atoms with Crippen molar-refractivity contribution in [2.75, 3.05) is 6.54 Å². The number of hydrogen-bond donors (Lipinski definition) is 2. The van der Waals surface area contributed by atoms with Crippen molar-refractivity contribution in [1.29, 1.82) is 0 Å². The fourth-order valence-electron chi connectivity index (χ4n) is 1.18. The minimum absolute atomic E-state index is 0.138. The minimum atomic E-state index is -0.195. The monoisotopic (exact) mass is 209 g/mol. The largest absolute Gasteiger partial charge is 0.351 e. The van der Waals surface area contributed by atoms with Gasteiger partial charge in [-0.15, -0.1) is 0 Å². The highest BCUT2D eigenvalue weighted by Crippen LogP contribution is 1.99. The average Bonchev–Trinajstić information content (AvgIpc) is 2.25. The van der Waals surface area contributed by atoms with Crippen LogP contribution >= 0.6 is 0 Å². The van der Waals surface area contributed by atoms with Crippen LogP contribution in [0, 0.1) is 0 Å². The second-order valence-corrected chi connectivity index (χ2v) is 3.21. The van der Waals surface area contributed by atoms with Crippen LogP contribution in [0.2, 0.25) is 0 Å². The molecular weight excluding hydrogens is 194 g/mol. The van der Waals surface area contributed by atoms with Gasteiger partial charge in [0.25, 0.3) is 5.91 Å². The Morgan fingerprint density at radius 3 is 3.00 bits per heavy atom. The summed E-state index contributed by atoms with van der Waals surface area (Å²) >= 11 is 0. The molecule has 0 fully saturated rings. The number of amides is 2. The van der Waals surface area contributed by atoms with E-state index < -0.39 is 0 Å². The molecule has 2 N–H and O–H groups in total. The molecule has 1 rings (SSSR count). The van der Waals surface area contributed by atoms with Gasteiger partial charge in [0.1, 0.15) is 5.71 Å². The Morgan fingerprint density at radius 1 is 1.60 bits per heavy atom. The van der Waals surface area contributed by atoms with Crippen molar-refractivity contribution in [3.8, 4) is 0 Å². The molecule has 0 aromatic rings. The third kappa shape index (κ3) is 3.93. The summed E-state index contributed by atoms with van der Waals surface area (Å²) in [6.07, 6.45) is 5.47. The van der Waals surface area contributed by atoms with Gasteiger partial charge in [-0.3, -0.25) is 9.59 Å². The van der Waals surface area contributed by atoms with Gasteiger partial charge in [0.2, 0.25) is 5.91 Å². The van der Waals surface area contributed by atoms with Crippen LogP contribution in [0.25, 0.3) is 0 Å². The van der Waals surface area contributed by atoms with Gasteiger partial charge in [0, 0.05) is 19.4 Å². The van der Waals surface area contributed by atoms with Gasteiger partial charge < -0.3 is 5.32 Å². The Kier molecular flexibility index (Phi) is 4.53. The Bertz CT molecular complexity index is 308. The molecule has 0 radical (unpaired) electrons. The first-order valence-electron chi connectivity index (χ1n) is 4.99. The van der Waals surface area contributed by atoms with Crippen molar-refractivity contribution in [3.63, 3.8) is 0 Å². The van der Waals surface area contributed by atoms with E-state index in [1.165, 1.54) is 0 Å². The number of nitrogens with zero attached hydrogens (tertiary/aromatic N) is 1. The maximum Gasteiger partial charge on any atom is 0.267 e. The predicted octanol–water partition coefficient (Wildman–Crippen LogP) is 0.335. The van der Waals surface area contributed by atoms with Crippen LogP contribution in [0.5, 0.6) is 0 Å². The van der Waals surface area contributed by atoms with Crippen molar-refractivity contribution >= 4 is 17.5 Å². The Morgan fingerprint density at radius 2 is 2.40 bits per heavy atom. The molecule has 1 heterocycles. The van der Waals surface area contributed by atoms with Crippen molar-refractivity contribution in [2.24, 2.45) is 5.10 Å². The smallest absolute Gasteiger partial charge is 0.267 e. The van der Waals surface area contributed by atoms with Gasteiger partial charge in [0.15, 0.2) is 0 Å². The van der Waals surface area contributed by atoms with Gasteiger partial charge in [0.05, 0.1) is 0 Å². The lowest BCUT2D eigenvalue weighted by atomic mass is 10.1. The zero-order valence-corrected chi connectivity index (χ0v) is 8.75. The van der Waals surface area contributed by atoms with Gasteiger partial charge in [-0.05, 0) is 13.3 Å². The van der Waals surface area contributed by atoms with E-state index in [0.29, 0.717) is 25.1 Å². The normalized spacial score (nSPS) is 16.1. The molecule has 0 aromatic carbocycles. The van der Waals surface area contributed by atoms with Crippen molar-refractivity contribution in [3.05, 3.63) is 12.2 Å². The second-order valence-electron chi connectivity index (χ2n) is 3.21. The van der Waals surface area contributed by atoms with Crippen molar-refractivity contribution < 1.29 is 9.59 Å². The van der Waals surface area contributed by atoms with Gasteiger partial charge in [-0.2, -0.15) is 5.10 Å². The number of carbonyl (C=O) groups excluding carboxylic acids is 2. The lowest BCUT2D eigenvalue weighted by molar-refractivity contribution is -0.121. The Labute approximate surface area is 88.6 Å². The van der Waals surface area contributed by atoms with Gasteiger partial charge >= 0.3 is 0 Å². The van der Waals surface area contributed by atoms with Crippen LogP contribution in [0.4, 0.5) is 0 Å². The fraction of sp³-hybridized carbons (Fsp3) is 0.500. The highest BCUT2D eigenvalue weighted by molar-refractivity contribution is 6.39. The molecule has 0 saturated carbocycles. The third-order valence-electron chi connectivity index (χ3n) is 2.00. The molecule has 5 nitrogen and oxygen atoms in total. The fourth-order valence-corrected chi connectivity index (χ4v) is 1.18. The standard InChI is InChI=1S/C10H15N3O2/c1-2-3-4-7-11-10(15)8-5-6-9(14)13-12-8/h2-3H,4-7H2,1H3,(H,11,15)(H,13,14)/b3-2+. The lowest BCUT2D eigenvalue weighted by Gasteiger charge is -2.11. The summed E-state index contributed by atoms with van der Waals surface area (Å²) < 4.78 is 0. The molecule has 1 aliphatic rings. The van der Waals surface area contributed by atoms with Crippen LogP contribution in [0.1, 0.15) is 26.2 Å². The summed E-state index contributed by atoms with van der Waals surface area (Å²) in [4.78, 5) is 22.2. The molecule has 1 aliphatic heterocycles. The van der Waals surface area contributed by atoms with E-state index in [2.05, 4.69) is 15.8 Å². The maximum absolute atomic E-state index is 11.5. The predicted molar refractivity (Wildman–Crippen MR) is 57.3 cm³/mol. The summed E-state index contributed by atoms with van der Waals surface area (Å²) in [5.41, 5.74) is 2.69. The number of rotatable bonds is 4. The first-order chi connectivity index (χ1) is 7.24. The summed E-state index contributed by atoms with van der Waals surface area (Å²) in [5, 5.41) is 6.43. The zero-order valence-electron chi connectivity index (χ0n) is 8.75. The molecule has 0 atom stereocenters. The van der Waals surface area contributed by atoms with Gasteiger partial charge in [-0.25, -0.2) is 5.43 Å². The van der Waals surface area contributed by atoms with E-state index in [0.717, 1.165) is 6.42 Å². The number of hydrogen-bond acceptors (Lipinski definition) is 3. The highest BCUT2D eigenvalue weighted by Gasteiger charge is 2.17. The van der Waals surface area contributed by atoms with Crippen LogP contribution in [0.3, 0.4) is 0 Å². The van der Waals surface area contributed by atoms with E-state index in [1.54, 1.807) is 0 Å². The Hall–Kier alpha value is -1.65. The van der Waals surface area contributed by atoms with Crippen LogP contribution in [-0.4, -0.2) is 24.1 Å². The second kappa shape index (κ2) is 5.95. The molecule has 5 heteroatoms. The molecule has 2 amide bonds. The molecule has 15 heavy (non-hydrogen) atoms. The summed E-state index contributed by atoms with van der Waals surface area (Å²) in [5.74, 6) is -0.333. The highest BCUT2D eigenvalue weighted by atomic mass is 16.2. The van der Waals surface area contributed by atoms with Crippen molar-refractivity contribution in [1.82, 2.24) is 10.7 Å². The summed E-state index contributed by atoms with van der Waals surface area (Å²) in [6, 6.07) is 0. The minimum Gasteiger partial charge on any atom is -0.351 e. The topological polar surface area (TPSA) is 70.6 Å². The molecule has 0 saturated heterocycles. The Balaban J connectivity index is 2.31. The summed E-state index contributed by atoms with van der Waals surface area (Å²) in [6.45, 7) is 2.53. The molecular formula is C10H15N3O2. The molecule has 82 valence electrons. The first-order valence-corrected chi connectivity index (χ1v) is 4.99. The molecule has 0 aliphatic carbocycles. The van der Waals surface area contributed by atoms with E-state index >= 15 is 0 Å². The van der Waals surface area contributed by atoms with Crippen LogP contribution in [0.15, 0.2) is 17.3 Å².